The summed E-state index contributed by atoms with van der Waals surface area (Å²) in [5.74, 6) is 0.884. The Morgan fingerprint density at radius 3 is 2.50 bits per heavy atom. The SMILES string of the molecule is c1ccc(-c2nc3c(-c4cccc5cn[nH]c45)cccc3[nH]2)cc1. The Labute approximate surface area is 138 Å². The molecule has 0 aliphatic rings. The molecule has 0 saturated heterocycles. The largest absolute Gasteiger partial charge is 0.338 e. The Hall–Kier alpha value is -3.40. The zero-order chi connectivity index (χ0) is 15.9. The van der Waals surface area contributed by atoms with Crippen molar-refractivity contribution >= 4 is 21.9 Å². The molecule has 0 radical (unpaired) electrons. The Morgan fingerprint density at radius 1 is 0.750 bits per heavy atom. The molecule has 0 aliphatic carbocycles. The van der Waals surface area contributed by atoms with Gasteiger partial charge in [0.2, 0.25) is 0 Å². The van der Waals surface area contributed by atoms with E-state index in [9.17, 15) is 0 Å². The summed E-state index contributed by atoms with van der Waals surface area (Å²) in [7, 11) is 0. The molecule has 114 valence electrons. The lowest BCUT2D eigenvalue weighted by molar-refractivity contribution is 1.12. The summed E-state index contributed by atoms with van der Waals surface area (Å²) in [4.78, 5) is 8.29. The monoisotopic (exact) mass is 310 g/mol. The Kier molecular flexibility index (Phi) is 2.76. The van der Waals surface area contributed by atoms with Gasteiger partial charge in [-0.15, -0.1) is 0 Å². The lowest BCUT2D eigenvalue weighted by Gasteiger charge is -2.04. The number of rotatable bonds is 2. The van der Waals surface area contributed by atoms with Crippen LogP contribution in [0.15, 0.2) is 72.9 Å². The molecule has 0 atom stereocenters. The Morgan fingerprint density at radius 2 is 1.58 bits per heavy atom. The summed E-state index contributed by atoms with van der Waals surface area (Å²) < 4.78 is 0. The molecule has 3 aromatic carbocycles. The van der Waals surface area contributed by atoms with Gasteiger partial charge in [-0.3, -0.25) is 5.10 Å². The number of hydrogen-bond donors (Lipinski definition) is 2. The molecule has 5 rings (SSSR count). The molecule has 4 nitrogen and oxygen atoms in total. The maximum atomic E-state index is 4.86. The van der Waals surface area contributed by atoms with Crippen LogP contribution in [0, 0.1) is 0 Å². The molecule has 0 fully saturated rings. The second-order valence-corrected chi connectivity index (χ2v) is 5.79. The number of hydrogen-bond acceptors (Lipinski definition) is 2. The molecule has 4 heteroatoms. The minimum absolute atomic E-state index is 0.884. The molecule has 0 spiro atoms. The maximum Gasteiger partial charge on any atom is 0.138 e. The van der Waals surface area contributed by atoms with E-state index in [2.05, 4.69) is 63.7 Å². The van der Waals surface area contributed by atoms with Crippen LogP contribution in [0.3, 0.4) is 0 Å². The Balaban J connectivity index is 1.78. The Bertz CT molecular complexity index is 1150. The normalized spacial score (nSPS) is 11.3. The van der Waals surface area contributed by atoms with E-state index in [1.54, 1.807) is 0 Å². The third kappa shape index (κ3) is 1.93. The molecule has 5 aromatic rings. The molecule has 0 amide bonds. The lowest BCUT2D eigenvalue weighted by atomic mass is 10.0. The van der Waals surface area contributed by atoms with E-state index in [4.69, 9.17) is 4.98 Å². The van der Waals surface area contributed by atoms with Crippen LogP contribution in [0.25, 0.3) is 44.5 Å². The predicted molar refractivity (Wildman–Crippen MR) is 96.6 cm³/mol. The average Bonchev–Trinajstić information content (AvgIpc) is 3.28. The fourth-order valence-corrected chi connectivity index (χ4v) is 3.18. The van der Waals surface area contributed by atoms with Crippen molar-refractivity contribution in [2.45, 2.75) is 0 Å². The molecule has 2 heterocycles. The second-order valence-electron chi connectivity index (χ2n) is 5.79. The minimum atomic E-state index is 0.884. The van der Waals surface area contributed by atoms with Gasteiger partial charge in [0, 0.05) is 22.1 Å². The number of aromatic amines is 2. The quantitative estimate of drug-likeness (QED) is 0.493. The van der Waals surface area contributed by atoms with Crippen molar-refractivity contribution in [3.05, 3.63) is 72.9 Å². The molecule has 0 unspecified atom stereocenters. The van der Waals surface area contributed by atoms with Crippen molar-refractivity contribution in [3.63, 3.8) is 0 Å². The van der Waals surface area contributed by atoms with Gasteiger partial charge in [0.15, 0.2) is 0 Å². The highest BCUT2D eigenvalue weighted by atomic mass is 15.1. The summed E-state index contributed by atoms with van der Waals surface area (Å²) in [6, 6.07) is 22.6. The molecular formula is C20H14N4. The third-order valence-electron chi connectivity index (χ3n) is 4.33. The first kappa shape index (κ1) is 13.1. The summed E-state index contributed by atoms with van der Waals surface area (Å²) in [5.41, 5.74) is 6.33. The zero-order valence-corrected chi connectivity index (χ0v) is 12.8. The molecular weight excluding hydrogens is 296 g/mol. The van der Waals surface area contributed by atoms with Gasteiger partial charge in [0.25, 0.3) is 0 Å². The van der Waals surface area contributed by atoms with Crippen molar-refractivity contribution in [3.8, 4) is 22.5 Å². The van der Waals surface area contributed by atoms with Crippen molar-refractivity contribution < 1.29 is 0 Å². The van der Waals surface area contributed by atoms with Crippen LogP contribution in [0.5, 0.6) is 0 Å². The van der Waals surface area contributed by atoms with E-state index in [1.165, 1.54) is 0 Å². The van der Waals surface area contributed by atoms with E-state index in [-0.39, 0.29) is 0 Å². The third-order valence-corrected chi connectivity index (χ3v) is 4.33. The van der Waals surface area contributed by atoms with Gasteiger partial charge >= 0.3 is 0 Å². The maximum absolute atomic E-state index is 4.86. The molecule has 0 bridgehead atoms. The van der Waals surface area contributed by atoms with Crippen LogP contribution in [0.1, 0.15) is 0 Å². The molecule has 2 aromatic heterocycles. The van der Waals surface area contributed by atoms with Gasteiger partial charge in [-0.2, -0.15) is 5.10 Å². The number of imidazole rings is 1. The van der Waals surface area contributed by atoms with Crippen molar-refractivity contribution in [1.82, 2.24) is 20.2 Å². The van der Waals surface area contributed by atoms with E-state index in [0.717, 1.165) is 44.5 Å². The number of para-hydroxylation sites is 2. The van der Waals surface area contributed by atoms with Crippen LogP contribution < -0.4 is 0 Å². The van der Waals surface area contributed by atoms with Crippen LogP contribution in [0.2, 0.25) is 0 Å². The standard InChI is InChI=1S/C20H14N4/c1-2-6-13(7-3-1)20-22-17-11-5-10-16(19(17)23-20)15-9-4-8-14-12-21-24-18(14)15/h1-12H,(H,21,24)(H,22,23). The molecule has 0 aliphatic heterocycles. The van der Waals surface area contributed by atoms with Crippen LogP contribution in [-0.2, 0) is 0 Å². The van der Waals surface area contributed by atoms with E-state index < -0.39 is 0 Å². The van der Waals surface area contributed by atoms with Gasteiger partial charge in [-0.1, -0.05) is 60.7 Å². The highest BCUT2D eigenvalue weighted by molar-refractivity contribution is 6.02. The smallest absolute Gasteiger partial charge is 0.138 e. The second kappa shape index (κ2) is 5.06. The van der Waals surface area contributed by atoms with Crippen LogP contribution in [-0.4, -0.2) is 20.2 Å². The number of fused-ring (bicyclic) bond motifs is 2. The lowest BCUT2D eigenvalue weighted by Crippen LogP contribution is -1.83. The number of aromatic nitrogens is 4. The molecule has 0 saturated carbocycles. The summed E-state index contributed by atoms with van der Waals surface area (Å²) >= 11 is 0. The number of nitrogens with one attached hydrogen (secondary N) is 2. The molecule has 2 N–H and O–H groups in total. The minimum Gasteiger partial charge on any atom is -0.338 e. The van der Waals surface area contributed by atoms with E-state index >= 15 is 0 Å². The van der Waals surface area contributed by atoms with Crippen LogP contribution >= 0.6 is 0 Å². The van der Waals surface area contributed by atoms with E-state index in [0.29, 0.717) is 0 Å². The summed E-state index contributed by atoms with van der Waals surface area (Å²) in [6.07, 6.45) is 1.85. The highest BCUT2D eigenvalue weighted by Gasteiger charge is 2.12. The predicted octanol–water partition coefficient (Wildman–Crippen LogP) is 4.77. The average molecular weight is 310 g/mol. The van der Waals surface area contributed by atoms with Crippen LogP contribution in [0.4, 0.5) is 0 Å². The first-order chi connectivity index (χ1) is 11.9. The number of H-pyrrole nitrogens is 2. The fourth-order valence-electron chi connectivity index (χ4n) is 3.18. The first-order valence-electron chi connectivity index (χ1n) is 7.87. The molecule has 24 heavy (non-hydrogen) atoms. The van der Waals surface area contributed by atoms with Gasteiger partial charge in [0.05, 0.1) is 22.7 Å². The zero-order valence-electron chi connectivity index (χ0n) is 12.8. The van der Waals surface area contributed by atoms with Gasteiger partial charge < -0.3 is 4.98 Å². The topological polar surface area (TPSA) is 57.4 Å². The van der Waals surface area contributed by atoms with Crippen molar-refractivity contribution in [2.75, 3.05) is 0 Å². The fraction of sp³-hybridized carbons (Fsp3) is 0. The number of benzene rings is 3. The van der Waals surface area contributed by atoms with Crippen molar-refractivity contribution in [2.24, 2.45) is 0 Å². The first-order valence-corrected chi connectivity index (χ1v) is 7.87. The van der Waals surface area contributed by atoms with Crippen molar-refractivity contribution in [1.29, 1.82) is 0 Å². The van der Waals surface area contributed by atoms with Gasteiger partial charge in [-0.25, -0.2) is 4.98 Å². The number of nitrogens with zero attached hydrogens (tertiary/aromatic N) is 2. The highest BCUT2D eigenvalue weighted by Crippen LogP contribution is 2.33. The summed E-state index contributed by atoms with van der Waals surface area (Å²) in [5, 5.41) is 8.37. The van der Waals surface area contributed by atoms with Gasteiger partial charge in [0.1, 0.15) is 5.82 Å². The summed E-state index contributed by atoms with van der Waals surface area (Å²) in [6.45, 7) is 0. The van der Waals surface area contributed by atoms with E-state index in [1.807, 2.05) is 24.4 Å². The van der Waals surface area contributed by atoms with Gasteiger partial charge in [-0.05, 0) is 6.07 Å².